The maximum atomic E-state index is 10.9. The molecule has 4 aromatic rings. The lowest BCUT2D eigenvalue weighted by atomic mass is 10.1. The van der Waals surface area contributed by atoms with Crippen molar-refractivity contribution in [2.45, 2.75) is 19.5 Å². The fraction of sp³-hybridized carbons (Fsp3) is 0.200. The molecule has 6 nitrogen and oxygen atoms in total. The van der Waals surface area contributed by atoms with Gasteiger partial charge >= 0.3 is 0 Å². The summed E-state index contributed by atoms with van der Waals surface area (Å²) < 4.78 is 5.29. The van der Waals surface area contributed by atoms with E-state index in [0.717, 1.165) is 33.1 Å². The van der Waals surface area contributed by atoms with Gasteiger partial charge in [-0.2, -0.15) is 5.26 Å². The predicted molar refractivity (Wildman–Crippen MR) is 123 cm³/mol. The molecule has 0 saturated heterocycles. The summed E-state index contributed by atoms with van der Waals surface area (Å²) >= 11 is 0. The molecule has 0 amide bonds. The minimum atomic E-state index is -0.366. The first kappa shape index (κ1) is 20.5. The van der Waals surface area contributed by atoms with E-state index in [-0.39, 0.29) is 17.4 Å². The number of aliphatic hydroxyl groups is 1. The van der Waals surface area contributed by atoms with Crippen LogP contribution in [-0.2, 0) is 6.54 Å². The molecule has 156 valence electrons. The molecule has 0 fully saturated rings. The largest absolute Gasteiger partial charge is 0.509 e. The first-order valence-corrected chi connectivity index (χ1v) is 10.1. The van der Waals surface area contributed by atoms with Crippen LogP contribution in [0.3, 0.4) is 0 Å². The van der Waals surface area contributed by atoms with Gasteiger partial charge in [0.1, 0.15) is 23.2 Å². The van der Waals surface area contributed by atoms with Gasteiger partial charge in [0.15, 0.2) is 5.82 Å². The molecule has 0 bridgehead atoms. The average molecular weight is 412 g/mol. The van der Waals surface area contributed by atoms with Gasteiger partial charge in [-0.3, -0.25) is 4.90 Å². The summed E-state index contributed by atoms with van der Waals surface area (Å²) in [6.45, 7) is 2.49. The van der Waals surface area contributed by atoms with Crippen molar-refractivity contribution in [2.24, 2.45) is 0 Å². The minimum absolute atomic E-state index is 0.00502. The number of para-hydroxylation sites is 2. The third-order valence-electron chi connectivity index (χ3n) is 5.59. The lowest BCUT2D eigenvalue weighted by molar-refractivity contribution is 0.217. The number of ether oxygens (including phenoxy) is 1. The van der Waals surface area contributed by atoms with Crippen LogP contribution in [0.4, 0.5) is 0 Å². The predicted octanol–water partition coefficient (Wildman–Crippen LogP) is 5.04. The molecule has 0 radical (unpaired) electrons. The SMILES string of the molecule is COc1ccc2cc(CN(C)[C@@H](C)/C(O)=C(\C#N)c3nc4ccccc4[nH]3)ccc2c1. The molecule has 4 rings (SSSR count). The minimum Gasteiger partial charge on any atom is -0.509 e. The Kier molecular flexibility index (Phi) is 5.61. The highest BCUT2D eigenvalue weighted by molar-refractivity contribution is 5.85. The molecule has 1 atom stereocenters. The number of nitriles is 1. The number of hydrogen-bond donors (Lipinski definition) is 2. The zero-order chi connectivity index (χ0) is 22.0. The van der Waals surface area contributed by atoms with Crippen molar-refractivity contribution in [3.8, 4) is 11.8 Å². The molecular weight excluding hydrogens is 388 g/mol. The van der Waals surface area contributed by atoms with Gasteiger partial charge in [-0.05, 0) is 60.6 Å². The Labute approximate surface area is 181 Å². The van der Waals surface area contributed by atoms with E-state index in [1.807, 2.05) is 61.3 Å². The third kappa shape index (κ3) is 4.09. The van der Waals surface area contributed by atoms with Gasteiger partial charge in [-0.1, -0.05) is 30.3 Å². The Balaban J connectivity index is 1.58. The fourth-order valence-corrected chi connectivity index (χ4v) is 3.64. The first-order chi connectivity index (χ1) is 15.0. The van der Waals surface area contributed by atoms with Crippen molar-refractivity contribution < 1.29 is 9.84 Å². The monoisotopic (exact) mass is 412 g/mol. The number of aromatic nitrogens is 2. The van der Waals surface area contributed by atoms with Crippen LogP contribution in [0.15, 0.2) is 66.4 Å². The van der Waals surface area contributed by atoms with E-state index in [2.05, 4.69) is 34.2 Å². The summed E-state index contributed by atoms with van der Waals surface area (Å²) in [5, 5.41) is 22.8. The van der Waals surface area contributed by atoms with Gasteiger partial charge in [0, 0.05) is 6.54 Å². The standard InChI is InChI=1S/C25H24N4O2/c1-16(24(30)21(14-26)25-27-22-6-4-5-7-23(22)28-25)29(2)15-17-8-9-19-13-20(31-3)11-10-18(19)12-17/h4-13,16,30H,15H2,1-3H3,(H,27,28)/b24-21-/t16-/m0/s1. The first-order valence-electron chi connectivity index (χ1n) is 10.1. The lowest BCUT2D eigenvalue weighted by Gasteiger charge is -2.25. The molecule has 0 aliphatic rings. The van der Waals surface area contributed by atoms with E-state index in [4.69, 9.17) is 4.74 Å². The number of nitrogens with zero attached hydrogens (tertiary/aromatic N) is 3. The van der Waals surface area contributed by atoms with Crippen LogP contribution in [0.5, 0.6) is 5.75 Å². The summed E-state index contributed by atoms with van der Waals surface area (Å²) in [6.07, 6.45) is 0. The zero-order valence-corrected chi connectivity index (χ0v) is 17.8. The number of rotatable bonds is 6. The van der Waals surface area contributed by atoms with Crippen molar-refractivity contribution >= 4 is 27.4 Å². The van der Waals surface area contributed by atoms with Crippen LogP contribution in [0.1, 0.15) is 18.3 Å². The number of nitrogens with one attached hydrogen (secondary N) is 1. The smallest absolute Gasteiger partial charge is 0.152 e. The molecule has 3 aromatic carbocycles. The zero-order valence-electron chi connectivity index (χ0n) is 17.8. The summed E-state index contributed by atoms with van der Waals surface area (Å²) in [7, 11) is 3.58. The number of aromatic amines is 1. The summed E-state index contributed by atoms with van der Waals surface area (Å²) in [4.78, 5) is 9.57. The molecule has 1 aromatic heterocycles. The van der Waals surface area contributed by atoms with Crippen LogP contribution in [0.2, 0.25) is 0 Å². The van der Waals surface area contributed by atoms with Gasteiger partial charge < -0.3 is 14.8 Å². The van der Waals surface area contributed by atoms with E-state index >= 15 is 0 Å². The van der Waals surface area contributed by atoms with E-state index in [1.165, 1.54) is 0 Å². The number of methoxy groups -OCH3 is 1. The van der Waals surface area contributed by atoms with Gasteiger partial charge in [0.05, 0.1) is 24.2 Å². The Morgan fingerprint density at radius 3 is 2.65 bits per heavy atom. The number of imidazole rings is 1. The van der Waals surface area contributed by atoms with Crippen LogP contribution in [0, 0.1) is 11.3 Å². The second-order valence-corrected chi connectivity index (χ2v) is 7.61. The van der Waals surface area contributed by atoms with Crippen molar-refractivity contribution in [3.63, 3.8) is 0 Å². The number of H-pyrrole nitrogens is 1. The van der Waals surface area contributed by atoms with Gasteiger partial charge in [0.25, 0.3) is 0 Å². The Hall–Kier alpha value is -3.82. The maximum absolute atomic E-state index is 10.9. The fourth-order valence-electron chi connectivity index (χ4n) is 3.64. The highest BCUT2D eigenvalue weighted by atomic mass is 16.5. The van der Waals surface area contributed by atoms with Gasteiger partial charge in [-0.25, -0.2) is 4.98 Å². The molecule has 0 unspecified atom stereocenters. The van der Waals surface area contributed by atoms with Crippen molar-refractivity contribution in [1.82, 2.24) is 14.9 Å². The van der Waals surface area contributed by atoms with Crippen molar-refractivity contribution in [2.75, 3.05) is 14.2 Å². The number of fused-ring (bicyclic) bond motifs is 2. The molecule has 0 saturated carbocycles. The molecule has 0 spiro atoms. The quantitative estimate of drug-likeness (QED) is 0.342. The van der Waals surface area contributed by atoms with Crippen LogP contribution >= 0.6 is 0 Å². The van der Waals surface area contributed by atoms with Crippen molar-refractivity contribution in [1.29, 1.82) is 5.26 Å². The summed E-state index contributed by atoms with van der Waals surface area (Å²) in [6, 6.07) is 21.5. The average Bonchev–Trinajstić information content (AvgIpc) is 3.22. The molecule has 0 aliphatic heterocycles. The summed E-state index contributed by atoms with van der Waals surface area (Å²) in [5.41, 5.74) is 2.85. The summed E-state index contributed by atoms with van der Waals surface area (Å²) in [5.74, 6) is 1.20. The number of likely N-dealkylation sites (N-methyl/N-ethyl adjacent to an activating group) is 1. The van der Waals surface area contributed by atoms with E-state index in [1.54, 1.807) is 7.11 Å². The Morgan fingerprint density at radius 1 is 1.16 bits per heavy atom. The molecule has 1 heterocycles. The number of hydrogen-bond acceptors (Lipinski definition) is 5. The number of aliphatic hydroxyl groups excluding tert-OH is 1. The van der Waals surface area contributed by atoms with Crippen molar-refractivity contribution in [3.05, 3.63) is 77.8 Å². The second kappa shape index (κ2) is 8.50. The topological polar surface area (TPSA) is 85.2 Å². The van der Waals surface area contributed by atoms with E-state index in [0.29, 0.717) is 12.4 Å². The van der Waals surface area contributed by atoms with Gasteiger partial charge in [-0.15, -0.1) is 0 Å². The van der Waals surface area contributed by atoms with Crippen LogP contribution < -0.4 is 4.74 Å². The van der Waals surface area contributed by atoms with Crippen LogP contribution in [-0.4, -0.2) is 40.2 Å². The molecule has 2 N–H and O–H groups in total. The third-order valence-corrected chi connectivity index (χ3v) is 5.59. The highest BCUT2D eigenvalue weighted by Gasteiger charge is 2.21. The molecule has 6 heteroatoms. The Morgan fingerprint density at radius 2 is 1.90 bits per heavy atom. The molecular formula is C25H24N4O2. The second-order valence-electron chi connectivity index (χ2n) is 7.61. The van der Waals surface area contributed by atoms with Crippen LogP contribution in [0.25, 0.3) is 27.4 Å². The Bertz CT molecular complexity index is 1280. The normalized spacial score (nSPS) is 13.3. The molecule has 0 aliphatic carbocycles. The highest BCUT2D eigenvalue weighted by Crippen LogP contribution is 2.25. The van der Waals surface area contributed by atoms with E-state index in [9.17, 15) is 10.4 Å². The van der Waals surface area contributed by atoms with E-state index < -0.39 is 0 Å². The number of allylic oxidation sites excluding steroid dienone is 1. The lowest BCUT2D eigenvalue weighted by Crippen LogP contribution is -2.31. The maximum Gasteiger partial charge on any atom is 0.152 e. The molecule has 31 heavy (non-hydrogen) atoms. The number of benzene rings is 3. The van der Waals surface area contributed by atoms with Gasteiger partial charge in [0.2, 0.25) is 0 Å².